The highest BCUT2D eigenvalue weighted by atomic mass is 16.6. The number of nitro benzene ring substituents is 1. The monoisotopic (exact) mass is 274 g/mol. The van der Waals surface area contributed by atoms with Crippen LogP contribution in [0.3, 0.4) is 0 Å². The first kappa shape index (κ1) is 13.7. The van der Waals surface area contributed by atoms with Crippen LogP contribution < -0.4 is 5.32 Å². The topological polar surface area (TPSA) is 101 Å². The SMILES string of the molecule is CCc1[nH]c(NC(C)=O)nc1-c1cccc([N+](=O)[O-])c1. The summed E-state index contributed by atoms with van der Waals surface area (Å²) >= 11 is 0. The Kier molecular flexibility index (Phi) is 3.79. The summed E-state index contributed by atoms with van der Waals surface area (Å²) < 4.78 is 0. The minimum atomic E-state index is -0.448. The largest absolute Gasteiger partial charge is 0.327 e. The predicted molar refractivity (Wildman–Crippen MR) is 74.4 cm³/mol. The molecule has 2 aromatic rings. The Morgan fingerprint density at radius 1 is 1.50 bits per heavy atom. The van der Waals surface area contributed by atoms with Crippen molar-refractivity contribution >= 4 is 17.5 Å². The molecule has 7 heteroatoms. The maximum absolute atomic E-state index is 11.0. The average molecular weight is 274 g/mol. The van der Waals surface area contributed by atoms with Crippen LogP contribution in [-0.2, 0) is 11.2 Å². The molecule has 2 N–H and O–H groups in total. The van der Waals surface area contributed by atoms with Crippen LogP contribution in [0.25, 0.3) is 11.3 Å². The van der Waals surface area contributed by atoms with Crippen LogP contribution in [0.1, 0.15) is 19.5 Å². The zero-order valence-electron chi connectivity index (χ0n) is 11.1. The van der Waals surface area contributed by atoms with E-state index in [0.717, 1.165) is 5.69 Å². The molecule has 1 aromatic heterocycles. The summed E-state index contributed by atoms with van der Waals surface area (Å²) in [6.45, 7) is 3.33. The highest BCUT2D eigenvalue weighted by Crippen LogP contribution is 2.26. The Hall–Kier alpha value is -2.70. The number of imidazole rings is 1. The van der Waals surface area contributed by atoms with Gasteiger partial charge in [-0.2, -0.15) is 0 Å². The van der Waals surface area contributed by atoms with E-state index in [1.54, 1.807) is 12.1 Å². The Morgan fingerprint density at radius 2 is 2.25 bits per heavy atom. The molecule has 1 amide bonds. The lowest BCUT2D eigenvalue weighted by molar-refractivity contribution is -0.384. The van der Waals surface area contributed by atoms with E-state index in [0.29, 0.717) is 23.6 Å². The summed E-state index contributed by atoms with van der Waals surface area (Å²) in [5, 5.41) is 13.4. The molecule has 0 aliphatic heterocycles. The number of nitro groups is 1. The molecular weight excluding hydrogens is 260 g/mol. The number of rotatable bonds is 4. The number of carbonyl (C=O) groups excluding carboxylic acids is 1. The van der Waals surface area contributed by atoms with Crippen molar-refractivity contribution in [2.75, 3.05) is 5.32 Å². The number of nitrogens with zero attached hydrogens (tertiary/aromatic N) is 2. The number of hydrogen-bond acceptors (Lipinski definition) is 4. The number of aryl methyl sites for hydroxylation is 1. The molecule has 0 fully saturated rings. The molecule has 0 atom stereocenters. The number of aromatic amines is 1. The molecule has 0 spiro atoms. The van der Waals surface area contributed by atoms with Crippen molar-refractivity contribution in [1.29, 1.82) is 0 Å². The predicted octanol–water partition coefficient (Wildman–Crippen LogP) is 2.51. The third-order valence-electron chi connectivity index (χ3n) is 2.76. The summed E-state index contributed by atoms with van der Waals surface area (Å²) in [4.78, 5) is 28.7. The molecule has 0 saturated heterocycles. The Labute approximate surface area is 115 Å². The highest BCUT2D eigenvalue weighted by molar-refractivity contribution is 5.87. The van der Waals surface area contributed by atoms with Crippen molar-refractivity contribution in [3.8, 4) is 11.3 Å². The number of amides is 1. The van der Waals surface area contributed by atoms with Gasteiger partial charge >= 0.3 is 0 Å². The molecule has 20 heavy (non-hydrogen) atoms. The van der Waals surface area contributed by atoms with E-state index in [9.17, 15) is 14.9 Å². The Bertz CT molecular complexity index is 663. The number of H-pyrrole nitrogens is 1. The summed E-state index contributed by atoms with van der Waals surface area (Å²) in [6, 6.07) is 6.25. The summed E-state index contributed by atoms with van der Waals surface area (Å²) in [7, 11) is 0. The summed E-state index contributed by atoms with van der Waals surface area (Å²) in [6.07, 6.45) is 0.671. The minimum Gasteiger partial charge on any atom is -0.327 e. The Balaban J connectivity index is 2.45. The zero-order chi connectivity index (χ0) is 14.7. The van der Waals surface area contributed by atoms with Gasteiger partial charge in [0.1, 0.15) is 0 Å². The third-order valence-corrected chi connectivity index (χ3v) is 2.76. The fourth-order valence-electron chi connectivity index (χ4n) is 1.90. The highest BCUT2D eigenvalue weighted by Gasteiger charge is 2.14. The molecule has 1 heterocycles. The minimum absolute atomic E-state index is 0.00799. The molecule has 0 aliphatic rings. The maximum Gasteiger partial charge on any atom is 0.270 e. The van der Waals surface area contributed by atoms with Gasteiger partial charge in [0.25, 0.3) is 5.69 Å². The van der Waals surface area contributed by atoms with Gasteiger partial charge in [0.2, 0.25) is 11.9 Å². The van der Waals surface area contributed by atoms with Gasteiger partial charge in [0.15, 0.2) is 0 Å². The second-order valence-corrected chi connectivity index (χ2v) is 4.25. The first-order valence-corrected chi connectivity index (χ1v) is 6.12. The van der Waals surface area contributed by atoms with Crippen molar-refractivity contribution in [2.45, 2.75) is 20.3 Å². The van der Waals surface area contributed by atoms with Gasteiger partial charge in [-0.1, -0.05) is 19.1 Å². The van der Waals surface area contributed by atoms with Crippen LogP contribution in [0.5, 0.6) is 0 Å². The van der Waals surface area contributed by atoms with Crippen LogP contribution in [-0.4, -0.2) is 20.8 Å². The van der Waals surface area contributed by atoms with E-state index >= 15 is 0 Å². The number of nitrogens with one attached hydrogen (secondary N) is 2. The molecule has 0 saturated carbocycles. The molecule has 7 nitrogen and oxygen atoms in total. The van der Waals surface area contributed by atoms with Crippen molar-refractivity contribution in [2.24, 2.45) is 0 Å². The average Bonchev–Trinajstić information content (AvgIpc) is 2.81. The van der Waals surface area contributed by atoms with Crippen molar-refractivity contribution in [3.05, 3.63) is 40.1 Å². The number of benzene rings is 1. The van der Waals surface area contributed by atoms with Crippen LogP contribution >= 0.6 is 0 Å². The molecule has 0 aliphatic carbocycles. The Morgan fingerprint density at radius 3 is 2.85 bits per heavy atom. The van der Waals surface area contributed by atoms with E-state index < -0.39 is 4.92 Å². The van der Waals surface area contributed by atoms with Gasteiger partial charge < -0.3 is 4.98 Å². The first-order valence-electron chi connectivity index (χ1n) is 6.12. The molecule has 2 rings (SSSR count). The smallest absolute Gasteiger partial charge is 0.270 e. The number of hydrogen-bond donors (Lipinski definition) is 2. The van der Waals surface area contributed by atoms with Gasteiger partial charge in [-0.05, 0) is 6.42 Å². The number of carbonyl (C=O) groups is 1. The van der Waals surface area contributed by atoms with Crippen LogP contribution in [0.2, 0.25) is 0 Å². The van der Waals surface area contributed by atoms with Gasteiger partial charge in [-0.15, -0.1) is 0 Å². The van der Waals surface area contributed by atoms with Gasteiger partial charge in [0.05, 0.1) is 10.6 Å². The normalized spacial score (nSPS) is 10.3. The molecule has 0 unspecified atom stereocenters. The quantitative estimate of drug-likeness (QED) is 0.660. The summed E-state index contributed by atoms with van der Waals surface area (Å²) in [5.74, 6) is 0.114. The zero-order valence-corrected chi connectivity index (χ0v) is 11.1. The number of anilines is 1. The van der Waals surface area contributed by atoms with E-state index in [2.05, 4.69) is 15.3 Å². The second kappa shape index (κ2) is 5.52. The second-order valence-electron chi connectivity index (χ2n) is 4.25. The van der Waals surface area contributed by atoms with Crippen molar-refractivity contribution < 1.29 is 9.72 Å². The fourth-order valence-corrected chi connectivity index (χ4v) is 1.90. The van der Waals surface area contributed by atoms with Crippen LogP contribution in [0.15, 0.2) is 24.3 Å². The lowest BCUT2D eigenvalue weighted by atomic mass is 10.1. The standard InChI is InChI=1S/C13H14N4O3/c1-3-11-12(16-13(15-11)14-8(2)18)9-5-4-6-10(7-9)17(19)20/h4-7H,3H2,1-2H3,(H2,14,15,16,18). The molecular formula is C13H14N4O3. The van der Waals surface area contributed by atoms with Gasteiger partial charge in [-0.3, -0.25) is 20.2 Å². The first-order chi connectivity index (χ1) is 9.51. The van der Waals surface area contributed by atoms with E-state index in [-0.39, 0.29) is 11.6 Å². The summed E-state index contributed by atoms with van der Waals surface area (Å²) in [5.41, 5.74) is 2.08. The number of aromatic nitrogens is 2. The van der Waals surface area contributed by atoms with Crippen LogP contribution in [0, 0.1) is 10.1 Å². The van der Waals surface area contributed by atoms with E-state index in [1.807, 2.05) is 6.92 Å². The number of non-ortho nitro benzene ring substituents is 1. The van der Waals surface area contributed by atoms with Crippen molar-refractivity contribution in [3.63, 3.8) is 0 Å². The maximum atomic E-state index is 11.0. The van der Waals surface area contributed by atoms with E-state index in [4.69, 9.17) is 0 Å². The van der Waals surface area contributed by atoms with Gasteiger partial charge in [0, 0.05) is 30.3 Å². The lowest BCUT2D eigenvalue weighted by Gasteiger charge is -2.00. The molecule has 1 aromatic carbocycles. The molecule has 0 bridgehead atoms. The van der Waals surface area contributed by atoms with E-state index in [1.165, 1.54) is 19.1 Å². The third kappa shape index (κ3) is 2.82. The van der Waals surface area contributed by atoms with Crippen molar-refractivity contribution in [1.82, 2.24) is 9.97 Å². The molecule has 104 valence electrons. The lowest BCUT2D eigenvalue weighted by Crippen LogP contribution is -2.07. The van der Waals surface area contributed by atoms with Crippen LogP contribution in [0.4, 0.5) is 11.6 Å². The fraction of sp³-hybridized carbons (Fsp3) is 0.231. The van der Waals surface area contributed by atoms with Gasteiger partial charge in [-0.25, -0.2) is 4.98 Å². The molecule has 0 radical (unpaired) electrons.